The molecule has 1 aromatic heterocycles. The van der Waals surface area contributed by atoms with Crippen molar-refractivity contribution in [2.24, 2.45) is 0 Å². The number of aromatic amines is 1. The highest BCUT2D eigenvalue weighted by molar-refractivity contribution is 5.87. The van der Waals surface area contributed by atoms with Gasteiger partial charge in [0, 0.05) is 35.5 Å². The summed E-state index contributed by atoms with van der Waals surface area (Å²) in [4.78, 5) is 40.1. The van der Waals surface area contributed by atoms with Crippen LogP contribution in [0.3, 0.4) is 0 Å². The molecule has 0 bridgehead atoms. The molecule has 2 rings (SSSR count). The number of benzene rings is 1. The lowest BCUT2D eigenvalue weighted by molar-refractivity contribution is -0.145. The Morgan fingerprint density at radius 2 is 1.77 bits per heavy atom. The van der Waals surface area contributed by atoms with Gasteiger partial charge in [-0.05, 0) is 46.2 Å². The fourth-order valence-corrected chi connectivity index (χ4v) is 3.13. The average Bonchev–Trinajstić information content (AvgIpc) is 3.00. The van der Waals surface area contributed by atoms with Gasteiger partial charge >= 0.3 is 12.1 Å². The maximum atomic E-state index is 12.6. The molecule has 8 heteroatoms. The largest absolute Gasteiger partial charge is 0.467 e. The molecular weight excluding hydrogens is 386 g/mol. The van der Waals surface area contributed by atoms with Crippen LogP contribution in [0.15, 0.2) is 30.5 Å². The second kappa shape index (κ2) is 9.19. The van der Waals surface area contributed by atoms with E-state index in [9.17, 15) is 14.4 Å². The summed E-state index contributed by atoms with van der Waals surface area (Å²) in [6.45, 7) is 8.71. The van der Waals surface area contributed by atoms with Crippen LogP contribution in [-0.4, -0.2) is 47.2 Å². The fourth-order valence-electron chi connectivity index (χ4n) is 3.13. The zero-order valence-corrected chi connectivity index (χ0v) is 18.4. The van der Waals surface area contributed by atoms with E-state index in [1.165, 1.54) is 7.11 Å². The number of alkyl carbamates (subject to hydrolysis) is 1. The molecule has 0 unspecified atom stereocenters. The SMILES string of the molecule is COC(=O)[C@@H](Cc1c[nH]c2ccccc12)NC(=O)CC(C)(C)NC(=O)OC(C)(C)C. The molecule has 164 valence electrons. The van der Waals surface area contributed by atoms with Gasteiger partial charge in [-0.25, -0.2) is 9.59 Å². The van der Waals surface area contributed by atoms with Crippen molar-refractivity contribution in [1.29, 1.82) is 0 Å². The Bertz CT molecular complexity index is 911. The first-order chi connectivity index (χ1) is 13.9. The van der Waals surface area contributed by atoms with E-state index in [-0.39, 0.29) is 18.7 Å². The Hall–Kier alpha value is -3.03. The predicted octanol–water partition coefficient (Wildman–Crippen LogP) is 3.06. The third kappa shape index (κ3) is 6.79. The first-order valence-electron chi connectivity index (χ1n) is 9.83. The lowest BCUT2D eigenvalue weighted by atomic mass is 9.99. The van der Waals surface area contributed by atoms with Gasteiger partial charge in [-0.2, -0.15) is 0 Å². The van der Waals surface area contributed by atoms with Gasteiger partial charge in [-0.3, -0.25) is 4.79 Å². The lowest BCUT2D eigenvalue weighted by Gasteiger charge is -2.28. The summed E-state index contributed by atoms with van der Waals surface area (Å²) in [6, 6.07) is 6.87. The minimum atomic E-state index is -0.867. The molecule has 0 aliphatic carbocycles. The minimum Gasteiger partial charge on any atom is -0.467 e. The molecule has 1 heterocycles. The van der Waals surface area contributed by atoms with E-state index in [4.69, 9.17) is 9.47 Å². The molecule has 0 fully saturated rings. The quantitative estimate of drug-likeness (QED) is 0.600. The molecular formula is C22H31N3O5. The molecule has 2 aromatic rings. The van der Waals surface area contributed by atoms with E-state index in [1.807, 2.05) is 30.5 Å². The number of aromatic nitrogens is 1. The van der Waals surface area contributed by atoms with Crippen LogP contribution in [0.1, 0.15) is 46.6 Å². The monoisotopic (exact) mass is 417 g/mol. The maximum absolute atomic E-state index is 12.6. The number of hydrogen-bond acceptors (Lipinski definition) is 5. The summed E-state index contributed by atoms with van der Waals surface area (Å²) in [5, 5.41) is 6.39. The highest BCUT2D eigenvalue weighted by atomic mass is 16.6. The van der Waals surface area contributed by atoms with E-state index in [0.717, 1.165) is 16.5 Å². The number of ether oxygens (including phenoxy) is 2. The van der Waals surface area contributed by atoms with Crippen molar-refractivity contribution in [2.75, 3.05) is 7.11 Å². The van der Waals surface area contributed by atoms with Crippen LogP contribution in [0.25, 0.3) is 10.9 Å². The average molecular weight is 418 g/mol. The number of methoxy groups -OCH3 is 1. The molecule has 2 amide bonds. The highest BCUT2D eigenvalue weighted by Crippen LogP contribution is 2.20. The number of esters is 1. The molecule has 1 atom stereocenters. The second-order valence-electron chi connectivity index (χ2n) is 8.89. The molecule has 0 radical (unpaired) electrons. The van der Waals surface area contributed by atoms with Gasteiger partial charge in [0.25, 0.3) is 0 Å². The van der Waals surface area contributed by atoms with Crippen molar-refractivity contribution in [1.82, 2.24) is 15.6 Å². The Morgan fingerprint density at radius 3 is 2.40 bits per heavy atom. The van der Waals surface area contributed by atoms with Crippen LogP contribution in [0.4, 0.5) is 4.79 Å². The number of hydrogen-bond donors (Lipinski definition) is 3. The fraction of sp³-hybridized carbons (Fsp3) is 0.500. The summed E-state index contributed by atoms with van der Waals surface area (Å²) >= 11 is 0. The molecule has 3 N–H and O–H groups in total. The van der Waals surface area contributed by atoms with E-state index in [0.29, 0.717) is 0 Å². The molecule has 0 aliphatic heterocycles. The smallest absolute Gasteiger partial charge is 0.408 e. The van der Waals surface area contributed by atoms with Gasteiger partial charge in [0.2, 0.25) is 5.91 Å². The molecule has 1 aromatic carbocycles. The summed E-state index contributed by atoms with van der Waals surface area (Å²) in [6.07, 6.45) is 1.46. The highest BCUT2D eigenvalue weighted by Gasteiger charge is 2.30. The third-order valence-electron chi connectivity index (χ3n) is 4.36. The maximum Gasteiger partial charge on any atom is 0.408 e. The van der Waals surface area contributed by atoms with Crippen LogP contribution in [0.2, 0.25) is 0 Å². The molecule has 0 aliphatic rings. The number of amides is 2. The summed E-state index contributed by atoms with van der Waals surface area (Å²) in [7, 11) is 1.28. The van der Waals surface area contributed by atoms with Crippen LogP contribution in [0.5, 0.6) is 0 Å². The van der Waals surface area contributed by atoms with Gasteiger partial charge in [0.1, 0.15) is 11.6 Å². The first-order valence-corrected chi connectivity index (χ1v) is 9.83. The van der Waals surface area contributed by atoms with E-state index < -0.39 is 29.2 Å². The van der Waals surface area contributed by atoms with Gasteiger partial charge in [-0.1, -0.05) is 18.2 Å². The zero-order valence-electron chi connectivity index (χ0n) is 18.4. The van der Waals surface area contributed by atoms with Gasteiger partial charge in [-0.15, -0.1) is 0 Å². The number of carbonyl (C=O) groups excluding carboxylic acids is 3. The molecule has 8 nitrogen and oxygen atoms in total. The van der Waals surface area contributed by atoms with Crippen LogP contribution in [0, 0.1) is 0 Å². The van der Waals surface area contributed by atoms with Crippen molar-refractivity contribution >= 4 is 28.9 Å². The van der Waals surface area contributed by atoms with Crippen molar-refractivity contribution in [3.8, 4) is 0 Å². The van der Waals surface area contributed by atoms with Crippen molar-refractivity contribution < 1.29 is 23.9 Å². The van der Waals surface area contributed by atoms with Gasteiger partial charge < -0.3 is 25.1 Å². The molecule has 0 spiro atoms. The van der Waals surface area contributed by atoms with Crippen LogP contribution >= 0.6 is 0 Å². The Kier molecular flexibility index (Phi) is 7.12. The number of fused-ring (bicyclic) bond motifs is 1. The van der Waals surface area contributed by atoms with Crippen molar-refractivity contribution in [2.45, 2.75) is 64.6 Å². The Balaban J connectivity index is 2.04. The number of carbonyl (C=O) groups is 3. The number of H-pyrrole nitrogens is 1. The number of rotatable bonds is 7. The van der Waals surface area contributed by atoms with Gasteiger partial charge in [0.15, 0.2) is 0 Å². The lowest BCUT2D eigenvalue weighted by Crippen LogP contribution is -2.51. The predicted molar refractivity (Wildman–Crippen MR) is 114 cm³/mol. The van der Waals surface area contributed by atoms with Crippen molar-refractivity contribution in [3.05, 3.63) is 36.0 Å². The van der Waals surface area contributed by atoms with Crippen molar-refractivity contribution in [3.63, 3.8) is 0 Å². The Labute approximate surface area is 176 Å². The number of nitrogens with one attached hydrogen (secondary N) is 3. The molecule has 0 saturated heterocycles. The van der Waals surface area contributed by atoms with Crippen LogP contribution in [-0.2, 0) is 25.5 Å². The second-order valence-corrected chi connectivity index (χ2v) is 8.89. The van der Waals surface area contributed by atoms with E-state index in [1.54, 1.807) is 34.6 Å². The molecule has 0 saturated carbocycles. The third-order valence-corrected chi connectivity index (χ3v) is 4.36. The summed E-state index contributed by atoms with van der Waals surface area (Å²) in [5.41, 5.74) is 0.337. The Morgan fingerprint density at radius 1 is 1.10 bits per heavy atom. The number of para-hydroxylation sites is 1. The zero-order chi connectivity index (χ0) is 22.5. The molecule has 30 heavy (non-hydrogen) atoms. The van der Waals surface area contributed by atoms with Crippen LogP contribution < -0.4 is 10.6 Å². The topological polar surface area (TPSA) is 110 Å². The minimum absolute atomic E-state index is 0.0341. The standard InChI is InChI=1S/C22H31N3O5/c1-21(2,3)30-20(28)25-22(4,5)12-18(26)24-17(19(27)29-6)11-14-13-23-16-10-8-7-9-15(14)16/h7-10,13,17,23H,11-12H2,1-6H3,(H,24,26)(H,25,28)/t17-/m1/s1. The summed E-state index contributed by atoms with van der Waals surface area (Å²) < 4.78 is 10.1. The first kappa shape index (κ1) is 23.3. The van der Waals surface area contributed by atoms with E-state index >= 15 is 0 Å². The normalized spacial score (nSPS) is 12.9. The summed E-state index contributed by atoms with van der Waals surface area (Å²) in [5.74, 6) is -0.919. The van der Waals surface area contributed by atoms with Gasteiger partial charge in [0.05, 0.1) is 7.11 Å². The van der Waals surface area contributed by atoms with E-state index in [2.05, 4.69) is 15.6 Å².